The highest BCUT2D eigenvalue weighted by atomic mass is 35.5. The molecule has 0 saturated heterocycles. The third-order valence-electron chi connectivity index (χ3n) is 2.48. The molecule has 2 rings (SSSR count). The normalized spacial score (nSPS) is 10.0. The molecule has 0 aliphatic heterocycles. The van der Waals surface area contributed by atoms with Gasteiger partial charge in [-0.2, -0.15) is 5.26 Å². The molecule has 1 heterocycles. The summed E-state index contributed by atoms with van der Waals surface area (Å²) in [5, 5.41) is 21.5. The van der Waals surface area contributed by atoms with Crippen molar-refractivity contribution in [2.45, 2.75) is 5.16 Å². The number of nitrogens with two attached hydrogens (primary N) is 1. The quantitative estimate of drug-likeness (QED) is 0.443. The van der Waals surface area contributed by atoms with E-state index < -0.39 is 0 Å². The molecule has 22 heavy (non-hydrogen) atoms. The van der Waals surface area contributed by atoms with Crippen LogP contribution < -0.4 is 11.1 Å². The Morgan fingerprint density at radius 2 is 2.32 bits per heavy atom. The van der Waals surface area contributed by atoms with Crippen LogP contribution in [-0.2, 0) is 4.79 Å². The molecule has 112 valence electrons. The number of nitrogens with one attached hydrogen (secondary N) is 1. The van der Waals surface area contributed by atoms with Crippen LogP contribution in [0.15, 0.2) is 29.6 Å². The van der Waals surface area contributed by atoms with Gasteiger partial charge in [0.1, 0.15) is 23.2 Å². The first-order valence-electron chi connectivity index (χ1n) is 5.93. The summed E-state index contributed by atoms with van der Waals surface area (Å²) < 4.78 is 0. The summed E-state index contributed by atoms with van der Waals surface area (Å²) in [6.45, 7) is 0. The van der Waals surface area contributed by atoms with E-state index in [-0.39, 0.29) is 39.6 Å². The van der Waals surface area contributed by atoms with Gasteiger partial charge in [-0.1, -0.05) is 23.4 Å². The van der Waals surface area contributed by atoms with Gasteiger partial charge in [0.05, 0.1) is 17.6 Å². The van der Waals surface area contributed by atoms with Gasteiger partial charge in [0, 0.05) is 5.02 Å². The van der Waals surface area contributed by atoms with Crippen LogP contribution in [0.1, 0.15) is 5.56 Å². The van der Waals surface area contributed by atoms with Gasteiger partial charge in [-0.05, 0) is 18.2 Å². The number of phenolic OH excluding ortho intramolecular Hbond substituents is 1. The fourth-order valence-corrected chi connectivity index (χ4v) is 2.25. The van der Waals surface area contributed by atoms with Crippen molar-refractivity contribution in [2.24, 2.45) is 0 Å². The number of thioether (sulfide) groups is 1. The summed E-state index contributed by atoms with van der Waals surface area (Å²) in [5.74, 6) is -0.374. The molecule has 0 aliphatic carbocycles. The lowest BCUT2D eigenvalue weighted by atomic mass is 10.3. The summed E-state index contributed by atoms with van der Waals surface area (Å²) in [7, 11) is 0. The van der Waals surface area contributed by atoms with Crippen LogP contribution in [0.25, 0.3) is 0 Å². The Morgan fingerprint density at radius 1 is 1.55 bits per heavy atom. The van der Waals surface area contributed by atoms with Gasteiger partial charge in [-0.3, -0.25) is 4.79 Å². The minimum Gasteiger partial charge on any atom is -0.506 e. The molecule has 9 heteroatoms. The SMILES string of the molecule is N#Cc1cnc(SCC(=O)Nc2cc(Cl)ccc2O)nc1N. The van der Waals surface area contributed by atoms with E-state index in [9.17, 15) is 9.90 Å². The number of benzene rings is 1. The molecule has 0 radical (unpaired) electrons. The first-order valence-corrected chi connectivity index (χ1v) is 7.29. The predicted molar refractivity (Wildman–Crippen MR) is 83.6 cm³/mol. The van der Waals surface area contributed by atoms with E-state index in [0.29, 0.717) is 5.02 Å². The number of anilines is 2. The van der Waals surface area contributed by atoms with Crippen LogP contribution in [0.5, 0.6) is 5.75 Å². The lowest BCUT2D eigenvalue weighted by Crippen LogP contribution is -2.14. The maximum absolute atomic E-state index is 11.8. The van der Waals surface area contributed by atoms with E-state index >= 15 is 0 Å². The smallest absolute Gasteiger partial charge is 0.234 e. The number of nitrogen functional groups attached to an aromatic ring is 1. The van der Waals surface area contributed by atoms with Gasteiger partial charge in [0.25, 0.3) is 0 Å². The van der Waals surface area contributed by atoms with Crippen molar-refractivity contribution < 1.29 is 9.90 Å². The Balaban J connectivity index is 1.97. The molecule has 4 N–H and O–H groups in total. The van der Waals surface area contributed by atoms with Gasteiger partial charge in [-0.15, -0.1) is 0 Å². The molecule has 0 bridgehead atoms. The summed E-state index contributed by atoms with van der Waals surface area (Å²) in [6.07, 6.45) is 1.30. The Bertz CT molecular complexity index is 763. The van der Waals surface area contributed by atoms with Crippen molar-refractivity contribution in [2.75, 3.05) is 16.8 Å². The number of hydrogen-bond acceptors (Lipinski definition) is 7. The zero-order valence-corrected chi connectivity index (χ0v) is 12.6. The number of nitriles is 1. The Kier molecular flexibility index (Phi) is 5.04. The monoisotopic (exact) mass is 335 g/mol. The lowest BCUT2D eigenvalue weighted by Gasteiger charge is -2.07. The van der Waals surface area contributed by atoms with E-state index in [2.05, 4.69) is 15.3 Å². The second-order valence-electron chi connectivity index (χ2n) is 4.06. The number of aromatic hydroxyl groups is 1. The molecule has 0 spiro atoms. The standard InChI is InChI=1S/C13H10ClN5O2S/c14-8-1-2-10(20)9(3-8)18-11(21)6-22-13-17-5-7(4-15)12(16)19-13/h1-3,5,20H,6H2,(H,18,21)(H2,16,17,19). The van der Waals surface area contributed by atoms with Crippen molar-refractivity contribution in [3.8, 4) is 11.8 Å². The number of carbonyl (C=O) groups excluding carboxylic acids is 1. The van der Waals surface area contributed by atoms with Crippen LogP contribution in [0.3, 0.4) is 0 Å². The molecule has 0 saturated carbocycles. The van der Waals surface area contributed by atoms with Crippen LogP contribution in [0, 0.1) is 11.3 Å². The van der Waals surface area contributed by atoms with Crippen LogP contribution in [0.2, 0.25) is 5.02 Å². The molecule has 0 fully saturated rings. The van der Waals surface area contributed by atoms with Crippen molar-refractivity contribution in [1.82, 2.24) is 9.97 Å². The second-order valence-corrected chi connectivity index (χ2v) is 5.44. The molecular weight excluding hydrogens is 326 g/mol. The predicted octanol–water partition coefficient (Wildman–Crippen LogP) is 2.02. The largest absolute Gasteiger partial charge is 0.506 e. The third-order valence-corrected chi connectivity index (χ3v) is 3.58. The first-order chi connectivity index (χ1) is 10.5. The van der Waals surface area contributed by atoms with E-state index in [0.717, 1.165) is 11.8 Å². The average molecular weight is 336 g/mol. The zero-order valence-electron chi connectivity index (χ0n) is 11.1. The fourth-order valence-electron chi connectivity index (χ4n) is 1.46. The number of aromatic nitrogens is 2. The fraction of sp³-hybridized carbons (Fsp3) is 0.0769. The zero-order chi connectivity index (χ0) is 16.1. The highest BCUT2D eigenvalue weighted by molar-refractivity contribution is 7.99. The topological polar surface area (TPSA) is 125 Å². The van der Waals surface area contributed by atoms with Crippen molar-refractivity contribution in [1.29, 1.82) is 5.26 Å². The van der Waals surface area contributed by atoms with Gasteiger partial charge < -0.3 is 16.2 Å². The number of phenols is 1. The summed E-state index contributed by atoms with van der Waals surface area (Å²) in [6, 6.07) is 6.19. The molecular formula is C13H10ClN5O2S. The van der Waals surface area contributed by atoms with E-state index in [1.165, 1.54) is 24.4 Å². The summed E-state index contributed by atoms with van der Waals surface area (Å²) in [5.41, 5.74) is 5.96. The maximum atomic E-state index is 11.8. The minimum atomic E-state index is -0.367. The molecule has 0 atom stereocenters. The first kappa shape index (κ1) is 15.9. The van der Waals surface area contributed by atoms with Crippen molar-refractivity contribution in [3.05, 3.63) is 35.0 Å². The van der Waals surface area contributed by atoms with E-state index in [1.807, 2.05) is 6.07 Å². The maximum Gasteiger partial charge on any atom is 0.234 e. The van der Waals surface area contributed by atoms with Gasteiger partial charge in [-0.25, -0.2) is 9.97 Å². The minimum absolute atomic E-state index is 0.0112. The van der Waals surface area contributed by atoms with Crippen molar-refractivity contribution >= 4 is 40.8 Å². The van der Waals surface area contributed by atoms with E-state index in [1.54, 1.807) is 0 Å². The molecule has 1 aromatic heterocycles. The summed E-state index contributed by atoms with van der Waals surface area (Å²) in [4.78, 5) is 19.7. The van der Waals surface area contributed by atoms with Crippen LogP contribution in [0.4, 0.5) is 11.5 Å². The van der Waals surface area contributed by atoms with E-state index in [4.69, 9.17) is 22.6 Å². The highest BCUT2D eigenvalue weighted by Gasteiger charge is 2.10. The number of carbonyl (C=O) groups is 1. The third kappa shape index (κ3) is 4.00. The molecule has 0 aliphatic rings. The Labute approximate surface area is 135 Å². The van der Waals surface area contributed by atoms with Gasteiger partial charge in [0.15, 0.2) is 5.16 Å². The number of hydrogen-bond donors (Lipinski definition) is 3. The van der Waals surface area contributed by atoms with Crippen molar-refractivity contribution in [3.63, 3.8) is 0 Å². The number of amides is 1. The molecule has 1 amide bonds. The Morgan fingerprint density at radius 3 is 3.00 bits per heavy atom. The van der Waals surface area contributed by atoms with Crippen LogP contribution in [-0.4, -0.2) is 26.7 Å². The number of nitrogens with zero attached hydrogens (tertiary/aromatic N) is 3. The Hall–Kier alpha value is -2.50. The number of rotatable bonds is 4. The van der Waals surface area contributed by atoms with Gasteiger partial charge >= 0.3 is 0 Å². The van der Waals surface area contributed by atoms with Gasteiger partial charge in [0.2, 0.25) is 5.91 Å². The van der Waals surface area contributed by atoms with Crippen LogP contribution >= 0.6 is 23.4 Å². The molecule has 2 aromatic rings. The molecule has 1 aromatic carbocycles. The lowest BCUT2D eigenvalue weighted by molar-refractivity contribution is -0.113. The average Bonchev–Trinajstić information content (AvgIpc) is 2.49. The second kappa shape index (κ2) is 6.98. The highest BCUT2D eigenvalue weighted by Crippen LogP contribution is 2.26. The summed E-state index contributed by atoms with van der Waals surface area (Å²) >= 11 is 6.84. The number of halogens is 1. The molecule has 7 nitrogen and oxygen atoms in total. The molecule has 0 unspecified atom stereocenters.